The lowest BCUT2D eigenvalue weighted by molar-refractivity contribution is -0.198. The van der Waals surface area contributed by atoms with E-state index in [4.69, 9.17) is 8.92 Å². The van der Waals surface area contributed by atoms with Gasteiger partial charge in [-0.1, -0.05) is 6.92 Å². The summed E-state index contributed by atoms with van der Waals surface area (Å²) >= 11 is 4.04. The van der Waals surface area contributed by atoms with Crippen LogP contribution < -0.4 is 0 Å². The lowest BCUT2D eigenvalue weighted by Crippen LogP contribution is -2.57. The molecule has 0 amide bonds. The van der Waals surface area contributed by atoms with E-state index in [1.807, 2.05) is 0 Å². The van der Waals surface area contributed by atoms with Gasteiger partial charge in [-0.3, -0.25) is 4.79 Å². The van der Waals surface area contributed by atoms with Gasteiger partial charge in [-0.2, -0.15) is 0 Å². The third-order valence-corrected chi connectivity index (χ3v) is 9.12. The molecule has 0 aromatic rings. The molecule has 1 spiro atoms. The van der Waals surface area contributed by atoms with E-state index < -0.39 is 0 Å². The van der Waals surface area contributed by atoms with Crippen molar-refractivity contribution < 1.29 is 13.7 Å². The average Bonchev–Trinajstić information content (AvgIpc) is 2.81. The summed E-state index contributed by atoms with van der Waals surface area (Å²) in [6.07, 6.45) is 10.6. The summed E-state index contributed by atoms with van der Waals surface area (Å²) in [6, 6.07) is 0. The Labute approximate surface area is 150 Å². The second-order valence-electron chi connectivity index (χ2n) is 9.59. The molecule has 0 N–H and O–H groups in total. The van der Waals surface area contributed by atoms with Crippen LogP contribution in [-0.4, -0.2) is 24.1 Å². The molecular formula is C20H30O3S. The van der Waals surface area contributed by atoms with Crippen molar-refractivity contribution >= 4 is 18.7 Å². The largest absolute Gasteiger partial charge is 0.375 e. The molecular weight excluding hydrogens is 320 g/mol. The zero-order chi connectivity index (χ0) is 16.5. The third-order valence-electron chi connectivity index (χ3n) is 8.82. The van der Waals surface area contributed by atoms with Crippen molar-refractivity contribution in [3.05, 3.63) is 0 Å². The molecule has 0 radical (unpaired) electrons. The number of ketones is 1. The Morgan fingerprint density at radius 1 is 1.12 bits per heavy atom. The van der Waals surface area contributed by atoms with Crippen LogP contribution in [0, 0.1) is 35.0 Å². The number of hydrogen-bond acceptors (Lipinski definition) is 4. The highest BCUT2D eigenvalue weighted by molar-refractivity contribution is 7.75. The summed E-state index contributed by atoms with van der Waals surface area (Å²) in [4.78, 5) is 13.5. The predicted molar refractivity (Wildman–Crippen MR) is 94.7 cm³/mol. The van der Waals surface area contributed by atoms with Crippen molar-refractivity contribution in [2.24, 2.45) is 35.0 Å². The highest BCUT2D eigenvalue weighted by Crippen LogP contribution is 2.66. The van der Waals surface area contributed by atoms with E-state index in [1.54, 1.807) is 0 Å². The van der Waals surface area contributed by atoms with E-state index in [0.717, 1.165) is 31.8 Å². The van der Waals surface area contributed by atoms with Crippen molar-refractivity contribution in [2.45, 2.75) is 76.4 Å². The first-order chi connectivity index (χ1) is 11.6. The first kappa shape index (κ1) is 16.1. The zero-order valence-corrected chi connectivity index (χ0v) is 15.6. The van der Waals surface area contributed by atoms with Crippen LogP contribution in [0.4, 0.5) is 0 Å². The Bertz CT molecular complexity index is 551. The smallest absolute Gasteiger partial charge is 0.140 e. The van der Waals surface area contributed by atoms with Crippen LogP contribution in [0.25, 0.3) is 0 Å². The summed E-state index contributed by atoms with van der Waals surface area (Å²) in [6.45, 7) is 3.32. The Hall–Kier alpha value is -0.0600. The van der Waals surface area contributed by atoms with Crippen LogP contribution >= 0.6 is 12.9 Å². The zero-order valence-electron chi connectivity index (χ0n) is 14.7. The number of Topliss-reactive ketones (excluding diaryl/α,β-unsaturated/α-hetero) is 1. The van der Waals surface area contributed by atoms with E-state index in [0.29, 0.717) is 17.6 Å². The SMILES string of the molecule is C[C@]12CC[C@H](OS)C[C@@H]1C(=O)[C@H]1C3CCC4CCO[C@]3(CCC12)C4. The van der Waals surface area contributed by atoms with Gasteiger partial charge >= 0.3 is 0 Å². The van der Waals surface area contributed by atoms with E-state index >= 15 is 0 Å². The molecule has 1 heterocycles. The second-order valence-corrected chi connectivity index (χ2v) is 9.80. The summed E-state index contributed by atoms with van der Waals surface area (Å²) in [5.41, 5.74) is 0.235. The van der Waals surface area contributed by atoms with Crippen LogP contribution in [-0.2, 0) is 13.7 Å². The van der Waals surface area contributed by atoms with E-state index in [2.05, 4.69) is 19.8 Å². The summed E-state index contributed by atoms with van der Waals surface area (Å²) in [7, 11) is 0. The summed E-state index contributed by atoms with van der Waals surface area (Å²) < 4.78 is 11.8. The highest BCUT2D eigenvalue weighted by atomic mass is 32.1. The fourth-order valence-electron chi connectivity index (χ4n) is 7.63. The minimum absolute atomic E-state index is 0.0430. The minimum atomic E-state index is 0.0430. The van der Waals surface area contributed by atoms with Gasteiger partial charge in [0.2, 0.25) is 0 Å². The van der Waals surface area contributed by atoms with Gasteiger partial charge in [-0.05, 0) is 93.9 Å². The van der Waals surface area contributed by atoms with E-state index in [-0.39, 0.29) is 29.0 Å². The van der Waals surface area contributed by atoms with Gasteiger partial charge in [0, 0.05) is 18.4 Å². The van der Waals surface area contributed by atoms with Crippen molar-refractivity contribution in [1.82, 2.24) is 0 Å². The van der Waals surface area contributed by atoms with Gasteiger partial charge in [0.1, 0.15) is 5.78 Å². The molecule has 5 aliphatic rings. The number of hydrogen-bond donors (Lipinski definition) is 1. The molecule has 1 saturated heterocycles. The van der Waals surface area contributed by atoms with Crippen LogP contribution in [0.3, 0.4) is 0 Å². The number of ether oxygens (including phenoxy) is 1. The maximum atomic E-state index is 13.5. The molecule has 1 aliphatic heterocycles. The van der Waals surface area contributed by atoms with Crippen molar-refractivity contribution in [2.75, 3.05) is 6.61 Å². The molecule has 134 valence electrons. The monoisotopic (exact) mass is 350 g/mol. The number of fused-ring (bicyclic) bond motifs is 5. The highest BCUT2D eigenvalue weighted by Gasteiger charge is 2.66. The first-order valence-corrected chi connectivity index (χ1v) is 10.4. The molecule has 0 aromatic carbocycles. The molecule has 4 aliphatic carbocycles. The van der Waals surface area contributed by atoms with Gasteiger partial charge in [0.25, 0.3) is 0 Å². The molecule has 4 heteroatoms. The van der Waals surface area contributed by atoms with Gasteiger partial charge < -0.3 is 8.92 Å². The second kappa shape index (κ2) is 5.47. The molecule has 5 fully saturated rings. The lowest BCUT2D eigenvalue weighted by atomic mass is 9.53. The molecule has 0 aromatic heterocycles. The van der Waals surface area contributed by atoms with E-state index in [1.165, 1.54) is 38.5 Å². The van der Waals surface area contributed by atoms with E-state index in [9.17, 15) is 4.79 Å². The third kappa shape index (κ3) is 2.02. The predicted octanol–water partition coefficient (Wildman–Crippen LogP) is 4.21. The molecule has 3 nitrogen and oxygen atoms in total. The Morgan fingerprint density at radius 2 is 2.00 bits per heavy atom. The average molecular weight is 351 g/mol. The topological polar surface area (TPSA) is 35.5 Å². The standard InChI is InChI=1S/C20H30O3S/c1-19-7-4-13(23-24)10-16(19)18(21)17-14(19)5-8-20-11-12(6-9-22-20)2-3-15(17)20/h12-17,24H,2-11H2,1H3/t12?,13-,14?,15?,16+,17+,19+,20+/m0/s1. The van der Waals surface area contributed by atoms with Crippen molar-refractivity contribution in [1.29, 1.82) is 0 Å². The number of carbonyl (C=O) groups excluding carboxylic acids is 1. The Balaban J connectivity index is 1.49. The van der Waals surface area contributed by atoms with Crippen LogP contribution in [0.5, 0.6) is 0 Å². The van der Waals surface area contributed by atoms with Crippen LogP contribution in [0.15, 0.2) is 0 Å². The Kier molecular flexibility index (Phi) is 3.68. The van der Waals surface area contributed by atoms with Crippen LogP contribution in [0.1, 0.15) is 64.7 Å². The number of thiol groups is 1. The summed E-state index contributed by atoms with van der Waals surface area (Å²) in [5.74, 6) is 2.91. The molecule has 24 heavy (non-hydrogen) atoms. The normalized spacial score (nSPS) is 56.3. The Morgan fingerprint density at radius 3 is 2.83 bits per heavy atom. The van der Waals surface area contributed by atoms with Gasteiger partial charge in [-0.25, -0.2) is 0 Å². The first-order valence-electron chi connectivity index (χ1n) is 10.1. The fraction of sp³-hybridized carbons (Fsp3) is 0.950. The molecule has 4 saturated carbocycles. The summed E-state index contributed by atoms with van der Waals surface area (Å²) in [5, 5.41) is 0. The molecule has 5 rings (SSSR count). The van der Waals surface area contributed by atoms with Gasteiger partial charge in [-0.15, -0.1) is 0 Å². The number of rotatable bonds is 1. The van der Waals surface area contributed by atoms with Crippen LogP contribution in [0.2, 0.25) is 0 Å². The van der Waals surface area contributed by atoms with Crippen molar-refractivity contribution in [3.8, 4) is 0 Å². The minimum Gasteiger partial charge on any atom is -0.375 e. The maximum absolute atomic E-state index is 13.5. The molecule has 8 atom stereocenters. The quantitative estimate of drug-likeness (QED) is 0.568. The van der Waals surface area contributed by atoms with Gasteiger partial charge in [0.15, 0.2) is 0 Å². The molecule has 3 unspecified atom stereocenters. The number of carbonyl (C=O) groups is 1. The van der Waals surface area contributed by atoms with Gasteiger partial charge in [0.05, 0.1) is 11.7 Å². The van der Waals surface area contributed by atoms with Crippen molar-refractivity contribution in [3.63, 3.8) is 0 Å². The molecule has 2 bridgehead atoms. The fourth-order valence-corrected chi connectivity index (χ4v) is 7.82. The lowest BCUT2D eigenvalue weighted by Gasteiger charge is -2.57. The maximum Gasteiger partial charge on any atom is 0.140 e.